The van der Waals surface area contributed by atoms with Crippen LogP contribution in [0.4, 0.5) is 5.82 Å². The molecule has 0 aromatic carbocycles. The van der Waals surface area contributed by atoms with E-state index in [2.05, 4.69) is 19.3 Å². The number of carbonyl (C=O) groups is 2. The second-order valence-corrected chi connectivity index (χ2v) is 13.9. The number of anilines is 1. The number of fused-ring (bicyclic) bond motifs is 1. The number of Topliss-reactive ketones (excluding diaryl/α,β-unsaturated/α-hetero) is 1. The molecule has 2 aliphatic rings. The summed E-state index contributed by atoms with van der Waals surface area (Å²) in [5.41, 5.74) is 11.8. The minimum atomic E-state index is -5.42. The molecule has 0 saturated carbocycles. The van der Waals surface area contributed by atoms with E-state index in [9.17, 15) is 48.9 Å². The van der Waals surface area contributed by atoms with Gasteiger partial charge in [0.25, 0.3) is 12.1 Å². The zero-order chi connectivity index (χ0) is 35.1. The molecule has 10 unspecified atom stereocenters. The van der Waals surface area contributed by atoms with E-state index >= 15 is 0 Å². The van der Waals surface area contributed by atoms with Crippen LogP contribution in [0.3, 0.4) is 0 Å². The second-order valence-electron chi connectivity index (χ2n) is 10.9. The third kappa shape index (κ3) is 7.61. The quantitative estimate of drug-likeness (QED) is 0.0649. The molecule has 2 saturated heterocycles. The summed E-state index contributed by atoms with van der Waals surface area (Å²) in [6, 6.07) is 1.39. The zero-order valence-electron chi connectivity index (χ0n) is 24.8. The normalized spacial score (nSPS) is 29.9. The lowest BCUT2D eigenvalue weighted by molar-refractivity contribution is -0.765. The molecule has 5 heterocycles. The lowest BCUT2D eigenvalue weighted by Gasteiger charge is -2.20. The predicted molar refractivity (Wildman–Crippen MR) is 154 cm³/mol. The van der Waals surface area contributed by atoms with Gasteiger partial charge in [-0.05, 0) is 12.5 Å². The number of nitrogen functional groups attached to an aromatic ring is 1. The van der Waals surface area contributed by atoms with Crippen LogP contribution in [-0.2, 0) is 43.2 Å². The SMILES string of the molecule is CC(=O)Cc1cc[n+](C2OC(COP(=O)(O)OP(=O)(O)OCC3OC(n4cnc5c(N)ncnc54)C(O)C3O)C(O)C2O)cc1C(N)=O. The summed E-state index contributed by atoms with van der Waals surface area (Å²) < 4.78 is 52.2. The Morgan fingerprint density at radius 1 is 0.979 bits per heavy atom. The number of aliphatic hydroxyl groups excluding tert-OH is 4. The van der Waals surface area contributed by atoms with Gasteiger partial charge in [-0.2, -0.15) is 8.88 Å². The number of carbonyl (C=O) groups excluding carboxylic acids is 2. The van der Waals surface area contributed by atoms with Gasteiger partial charge in [-0.1, -0.05) is 0 Å². The van der Waals surface area contributed by atoms with Crippen LogP contribution in [0.15, 0.2) is 31.1 Å². The number of primary amides is 1. The van der Waals surface area contributed by atoms with E-state index in [1.807, 2.05) is 0 Å². The molecule has 0 aliphatic carbocycles. The van der Waals surface area contributed by atoms with Crippen LogP contribution in [0.2, 0.25) is 0 Å². The van der Waals surface area contributed by atoms with Gasteiger partial charge in [0.05, 0.1) is 19.5 Å². The number of ether oxygens (including phenoxy) is 2. The molecule has 3 aromatic heterocycles. The van der Waals surface area contributed by atoms with Gasteiger partial charge in [-0.15, -0.1) is 0 Å². The summed E-state index contributed by atoms with van der Waals surface area (Å²) in [5, 5.41) is 42.0. The van der Waals surface area contributed by atoms with Crippen LogP contribution in [0, 0.1) is 0 Å². The number of phosphoric ester groups is 2. The summed E-state index contributed by atoms with van der Waals surface area (Å²) >= 11 is 0. The molecule has 0 spiro atoms. The molecule has 0 radical (unpaired) electrons. The number of pyridine rings is 1. The van der Waals surface area contributed by atoms with Crippen LogP contribution >= 0.6 is 15.6 Å². The molecule has 24 heteroatoms. The van der Waals surface area contributed by atoms with Crippen molar-refractivity contribution in [2.75, 3.05) is 18.9 Å². The summed E-state index contributed by atoms with van der Waals surface area (Å²) in [4.78, 5) is 55.5. The number of aliphatic hydroxyl groups is 4. The lowest BCUT2D eigenvalue weighted by atomic mass is 10.0. The van der Waals surface area contributed by atoms with Gasteiger partial charge >= 0.3 is 15.6 Å². The van der Waals surface area contributed by atoms with Crippen molar-refractivity contribution in [2.24, 2.45) is 5.73 Å². The maximum absolute atomic E-state index is 12.5. The number of amides is 1. The van der Waals surface area contributed by atoms with Crippen LogP contribution in [0.5, 0.6) is 0 Å². The van der Waals surface area contributed by atoms with Crippen molar-refractivity contribution in [1.82, 2.24) is 19.5 Å². The van der Waals surface area contributed by atoms with Gasteiger partial charge < -0.3 is 51.2 Å². The number of aromatic nitrogens is 5. The molecule has 48 heavy (non-hydrogen) atoms. The summed E-state index contributed by atoms with van der Waals surface area (Å²) in [7, 11) is -10.8. The summed E-state index contributed by atoms with van der Waals surface area (Å²) in [6.07, 6.45) is -7.44. The van der Waals surface area contributed by atoms with Gasteiger partial charge in [0.2, 0.25) is 0 Å². The van der Waals surface area contributed by atoms with Gasteiger partial charge in [0, 0.05) is 12.5 Å². The Morgan fingerprint density at radius 2 is 1.60 bits per heavy atom. The van der Waals surface area contributed by atoms with E-state index in [4.69, 9.17) is 30.0 Å². The fraction of sp³-hybridized carbons (Fsp3) is 0.500. The number of rotatable bonds is 13. The average molecular weight is 721 g/mol. The highest BCUT2D eigenvalue weighted by atomic mass is 31.3. The molecule has 1 amide bonds. The highest BCUT2D eigenvalue weighted by Crippen LogP contribution is 2.60. The number of ketones is 1. The minimum absolute atomic E-state index is 0.0418. The van der Waals surface area contributed by atoms with E-state index in [-0.39, 0.29) is 34.7 Å². The Kier molecular flexibility index (Phi) is 10.4. The molecule has 5 rings (SSSR count). The van der Waals surface area contributed by atoms with Crippen LogP contribution in [0.1, 0.15) is 35.3 Å². The Bertz CT molecular complexity index is 1800. The molecule has 262 valence electrons. The highest BCUT2D eigenvalue weighted by molar-refractivity contribution is 7.61. The molecule has 2 fully saturated rings. The number of nitrogens with two attached hydrogens (primary N) is 2. The fourth-order valence-electron chi connectivity index (χ4n) is 5.12. The first kappa shape index (κ1) is 36.0. The van der Waals surface area contributed by atoms with E-state index in [0.29, 0.717) is 5.56 Å². The van der Waals surface area contributed by atoms with Crippen molar-refractivity contribution in [3.05, 3.63) is 42.2 Å². The number of imidazole rings is 1. The summed E-state index contributed by atoms with van der Waals surface area (Å²) in [6.45, 7) is -0.547. The largest absolute Gasteiger partial charge is 0.481 e. The Balaban J connectivity index is 1.17. The molecule has 3 aromatic rings. The van der Waals surface area contributed by atoms with Gasteiger partial charge in [0.15, 0.2) is 36.2 Å². The monoisotopic (exact) mass is 720 g/mol. The van der Waals surface area contributed by atoms with E-state index in [1.165, 1.54) is 40.8 Å². The van der Waals surface area contributed by atoms with Crippen molar-refractivity contribution in [3.63, 3.8) is 0 Å². The molecule has 0 bridgehead atoms. The van der Waals surface area contributed by atoms with Crippen molar-refractivity contribution < 1.29 is 76.3 Å². The van der Waals surface area contributed by atoms with Gasteiger partial charge in [0.1, 0.15) is 53.7 Å². The van der Waals surface area contributed by atoms with E-state index in [0.717, 1.165) is 6.33 Å². The molecule has 10 N–H and O–H groups in total. The molecule has 2 aliphatic heterocycles. The predicted octanol–water partition coefficient (Wildman–Crippen LogP) is -2.88. The summed E-state index contributed by atoms with van der Waals surface area (Å²) in [5.74, 6) is -1.08. The number of nitrogens with zero attached hydrogens (tertiary/aromatic N) is 5. The Hall–Kier alpha value is -3.34. The molecule has 10 atom stereocenters. The first-order valence-corrected chi connectivity index (χ1v) is 16.9. The fourth-order valence-corrected chi connectivity index (χ4v) is 7.21. The van der Waals surface area contributed by atoms with Gasteiger partial charge in [-0.25, -0.2) is 24.1 Å². The minimum Gasteiger partial charge on any atom is -0.387 e. The third-order valence-corrected chi connectivity index (χ3v) is 10.0. The first-order valence-electron chi connectivity index (χ1n) is 13.9. The molecular weight excluding hydrogens is 688 g/mol. The number of phosphoric acid groups is 2. The van der Waals surface area contributed by atoms with Crippen LogP contribution in [-0.4, -0.2) is 111 Å². The smallest absolute Gasteiger partial charge is 0.387 e. The van der Waals surface area contributed by atoms with Crippen LogP contribution in [0.25, 0.3) is 11.2 Å². The van der Waals surface area contributed by atoms with E-state index in [1.54, 1.807) is 0 Å². The van der Waals surface area contributed by atoms with Crippen molar-refractivity contribution in [3.8, 4) is 0 Å². The Morgan fingerprint density at radius 3 is 2.23 bits per heavy atom. The second kappa shape index (κ2) is 13.9. The van der Waals surface area contributed by atoms with Crippen molar-refractivity contribution in [2.45, 2.75) is 62.4 Å². The van der Waals surface area contributed by atoms with Crippen LogP contribution < -0.4 is 16.0 Å². The Labute approximate surface area is 269 Å². The standard InChI is InChI=1S/C24H31N7O15P2/c1-10(32)4-11-2-3-30(5-12(11)21(26)37)23-18(35)16(33)13(44-23)6-42-47(38,39)46-48(40,41)43-7-14-17(34)19(36)24(45-14)31-9-29-15-20(25)27-8-28-22(15)31/h2-3,5,8-9,13-14,16-19,23-24,33-36H,4,6-7H2,1H3,(H5-,25,26,27,28,37,38,39,40,41)/p+1. The van der Waals surface area contributed by atoms with Crippen molar-refractivity contribution in [1.29, 1.82) is 0 Å². The molecule has 22 nitrogen and oxygen atoms in total. The zero-order valence-corrected chi connectivity index (χ0v) is 26.6. The lowest BCUT2D eigenvalue weighted by Crippen LogP contribution is -2.46. The maximum atomic E-state index is 12.5. The number of hydrogen-bond donors (Lipinski definition) is 8. The molecular formula is C24H32N7O15P2+. The van der Waals surface area contributed by atoms with Crippen molar-refractivity contribution >= 4 is 44.3 Å². The maximum Gasteiger partial charge on any atom is 0.481 e. The van der Waals surface area contributed by atoms with Gasteiger partial charge in [-0.3, -0.25) is 23.2 Å². The topological polar surface area (TPSA) is 335 Å². The number of hydrogen-bond acceptors (Lipinski definition) is 17. The first-order chi connectivity index (χ1) is 22.5. The average Bonchev–Trinajstić information content (AvgIpc) is 3.65. The third-order valence-electron chi connectivity index (χ3n) is 7.42. The van der Waals surface area contributed by atoms with E-state index < -0.39 is 83.8 Å². The highest BCUT2D eigenvalue weighted by Gasteiger charge is 2.50.